The quantitative estimate of drug-likeness (QED) is 0.635. The van der Waals surface area contributed by atoms with Crippen LogP contribution in [0.2, 0.25) is 0 Å². The number of nitro groups is 1. The molecule has 102 valence electrons. The monoisotopic (exact) mass is 268 g/mol. The highest BCUT2D eigenvalue weighted by Crippen LogP contribution is 2.33. The maximum atomic E-state index is 11.0. The number of para-hydroxylation sites is 1. The highest BCUT2D eigenvalue weighted by Gasteiger charge is 2.30. The van der Waals surface area contributed by atoms with E-state index in [-0.39, 0.29) is 17.5 Å². The summed E-state index contributed by atoms with van der Waals surface area (Å²) in [5, 5.41) is 11.0. The normalized spacial score (nSPS) is 17.6. The molecule has 1 aliphatic heterocycles. The van der Waals surface area contributed by atoms with Gasteiger partial charge in [-0.05, 0) is 29.7 Å². The number of benzene rings is 2. The molecule has 4 heteroatoms. The second-order valence-corrected chi connectivity index (χ2v) is 5.01. The molecule has 3 rings (SSSR count). The van der Waals surface area contributed by atoms with Crippen LogP contribution in [-0.2, 0) is 6.42 Å². The Labute approximate surface area is 117 Å². The molecule has 0 aliphatic carbocycles. The zero-order valence-corrected chi connectivity index (χ0v) is 11.1. The van der Waals surface area contributed by atoms with Gasteiger partial charge in [-0.2, -0.15) is 0 Å². The summed E-state index contributed by atoms with van der Waals surface area (Å²) < 4.78 is 0. The van der Waals surface area contributed by atoms with Crippen LogP contribution in [0.1, 0.15) is 17.2 Å². The number of nitrogens with zero attached hydrogens (tertiary/aromatic N) is 2. The number of anilines is 1. The average Bonchev–Trinajstić information content (AvgIpc) is 2.48. The number of hydrogen-bond acceptors (Lipinski definition) is 3. The Kier molecular flexibility index (Phi) is 3.37. The van der Waals surface area contributed by atoms with Gasteiger partial charge in [0.1, 0.15) is 6.04 Å². The third-order valence-corrected chi connectivity index (χ3v) is 3.82. The molecule has 0 N–H and O–H groups in total. The average molecular weight is 268 g/mol. The molecule has 0 saturated carbocycles. The maximum Gasteiger partial charge on any atom is 0.228 e. The third-order valence-electron chi connectivity index (χ3n) is 3.82. The van der Waals surface area contributed by atoms with Crippen molar-refractivity contribution in [2.45, 2.75) is 12.5 Å². The summed E-state index contributed by atoms with van der Waals surface area (Å²) in [4.78, 5) is 13.0. The molecule has 1 atom stereocenters. The predicted octanol–water partition coefficient (Wildman–Crippen LogP) is 3.07. The van der Waals surface area contributed by atoms with Crippen LogP contribution in [0.3, 0.4) is 0 Å². The molecule has 0 amide bonds. The summed E-state index contributed by atoms with van der Waals surface area (Å²) in [6.07, 6.45) is 0.930. The fourth-order valence-corrected chi connectivity index (χ4v) is 2.92. The fourth-order valence-electron chi connectivity index (χ4n) is 2.92. The van der Waals surface area contributed by atoms with Crippen molar-refractivity contribution in [3.63, 3.8) is 0 Å². The second-order valence-electron chi connectivity index (χ2n) is 5.01. The Morgan fingerprint density at radius 2 is 1.80 bits per heavy atom. The van der Waals surface area contributed by atoms with Gasteiger partial charge in [0, 0.05) is 17.2 Å². The van der Waals surface area contributed by atoms with E-state index in [0.29, 0.717) is 0 Å². The van der Waals surface area contributed by atoms with Crippen molar-refractivity contribution in [1.82, 2.24) is 0 Å². The van der Waals surface area contributed by atoms with Gasteiger partial charge in [0.15, 0.2) is 0 Å². The van der Waals surface area contributed by atoms with Gasteiger partial charge in [0.05, 0.1) is 0 Å². The van der Waals surface area contributed by atoms with Gasteiger partial charge in [0.2, 0.25) is 6.54 Å². The van der Waals surface area contributed by atoms with Crippen LogP contribution in [0, 0.1) is 10.1 Å². The molecule has 0 fully saturated rings. The van der Waals surface area contributed by atoms with E-state index in [1.54, 1.807) is 0 Å². The van der Waals surface area contributed by atoms with Crippen LogP contribution in [0.4, 0.5) is 5.69 Å². The van der Waals surface area contributed by atoms with Crippen molar-refractivity contribution in [3.8, 4) is 0 Å². The largest absolute Gasteiger partial charge is 0.358 e. The van der Waals surface area contributed by atoms with E-state index in [9.17, 15) is 10.1 Å². The lowest BCUT2D eigenvalue weighted by Crippen LogP contribution is -2.39. The van der Waals surface area contributed by atoms with Crippen molar-refractivity contribution in [3.05, 3.63) is 75.8 Å². The van der Waals surface area contributed by atoms with Crippen molar-refractivity contribution in [2.24, 2.45) is 0 Å². The minimum atomic E-state index is -0.220. The molecule has 0 spiro atoms. The molecule has 0 unspecified atom stereocenters. The van der Waals surface area contributed by atoms with E-state index in [1.807, 2.05) is 48.5 Å². The zero-order chi connectivity index (χ0) is 13.9. The number of fused-ring (bicyclic) bond motifs is 1. The summed E-state index contributed by atoms with van der Waals surface area (Å²) in [6.45, 7) is 0.755. The van der Waals surface area contributed by atoms with Crippen molar-refractivity contribution < 1.29 is 4.92 Å². The SMILES string of the molecule is O=[N+]([O-])C[C@H]1c2ccccc2CCN1c1ccccc1. The van der Waals surface area contributed by atoms with Gasteiger partial charge in [-0.25, -0.2) is 0 Å². The molecular weight excluding hydrogens is 252 g/mol. The fraction of sp³-hybridized carbons (Fsp3) is 0.250. The molecule has 0 aromatic heterocycles. The summed E-state index contributed by atoms with van der Waals surface area (Å²) in [5.41, 5.74) is 3.36. The molecule has 20 heavy (non-hydrogen) atoms. The Hall–Kier alpha value is -2.36. The summed E-state index contributed by atoms with van der Waals surface area (Å²) >= 11 is 0. The maximum absolute atomic E-state index is 11.0. The topological polar surface area (TPSA) is 46.4 Å². The highest BCUT2D eigenvalue weighted by atomic mass is 16.6. The van der Waals surface area contributed by atoms with Gasteiger partial charge < -0.3 is 4.90 Å². The molecule has 4 nitrogen and oxygen atoms in total. The van der Waals surface area contributed by atoms with E-state index in [4.69, 9.17) is 0 Å². The Morgan fingerprint density at radius 3 is 2.55 bits per heavy atom. The molecule has 1 heterocycles. The molecule has 2 aromatic rings. The van der Waals surface area contributed by atoms with E-state index >= 15 is 0 Å². The van der Waals surface area contributed by atoms with Gasteiger partial charge in [-0.1, -0.05) is 42.5 Å². The first-order valence-corrected chi connectivity index (χ1v) is 6.77. The smallest absolute Gasteiger partial charge is 0.228 e. The van der Waals surface area contributed by atoms with Crippen LogP contribution >= 0.6 is 0 Å². The van der Waals surface area contributed by atoms with Crippen LogP contribution in [0.25, 0.3) is 0 Å². The standard InChI is InChI=1S/C16H16N2O2/c19-18(20)12-16-15-9-5-4-6-13(15)10-11-17(16)14-7-2-1-3-8-14/h1-9,16H,10-12H2/t16-/m0/s1. The lowest BCUT2D eigenvalue weighted by atomic mass is 9.92. The number of hydrogen-bond donors (Lipinski definition) is 0. The first-order valence-electron chi connectivity index (χ1n) is 6.77. The minimum Gasteiger partial charge on any atom is -0.358 e. The minimum absolute atomic E-state index is 0.0636. The Bertz CT molecular complexity index is 613. The zero-order valence-electron chi connectivity index (χ0n) is 11.1. The van der Waals surface area contributed by atoms with Gasteiger partial charge in [-0.15, -0.1) is 0 Å². The van der Waals surface area contributed by atoms with Crippen LogP contribution in [-0.4, -0.2) is 18.0 Å². The van der Waals surface area contributed by atoms with Gasteiger partial charge in [0.25, 0.3) is 0 Å². The summed E-state index contributed by atoms with van der Waals surface area (Å²) in [5.74, 6) is 0. The van der Waals surface area contributed by atoms with Crippen LogP contribution < -0.4 is 4.90 Å². The molecule has 0 radical (unpaired) electrons. The van der Waals surface area contributed by atoms with E-state index in [1.165, 1.54) is 5.56 Å². The molecule has 0 saturated heterocycles. The van der Waals surface area contributed by atoms with E-state index in [2.05, 4.69) is 11.0 Å². The molecule has 0 bridgehead atoms. The van der Waals surface area contributed by atoms with Crippen molar-refractivity contribution in [1.29, 1.82) is 0 Å². The predicted molar refractivity (Wildman–Crippen MR) is 78.5 cm³/mol. The Balaban J connectivity index is 2.01. The van der Waals surface area contributed by atoms with Crippen LogP contribution in [0.5, 0.6) is 0 Å². The molecular formula is C16H16N2O2. The first kappa shape index (κ1) is 12.7. The highest BCUT2D eigenvalue weighted by molar-refractivity contribution is 5.52. The lowest BCUT2D eigenvalue weighted by Gasteiger charge is -2.36. The lowest BCUT2D eigenvalue weighted by molar-refractivity contribution is -0.483. The van der Waals surface area contributed by atoms with Crippen LogP contribution in [0.15, 0.2) is 54.6 Å². The Morgan fingerprint density at radius 1 is 1.10 bits per heavy atom. The van der Waals surface area contributed by atoms with Gasteiger partial charge >= 0.3 is 0 Å². The van der Waals surface area contributed by atoms with E-state index in [0.717, 1.165) is 24.2 Å². The van der Waals surface area contributed by atoms with Gasteiger partial charge in [-0.3, -0.25) is 10.1 Å². The first-order chi connectivity index (χ1) is 9.75. The second kappa shape index (κ2) is 5.33. The van der Waals surface area contributed by atoms with E-state index < -0.39 is 0 Å². The summed E-state index contributed by atoms with van der Waals surface area (Å²) in [7, 11) is 0. The van der Waals surface area contributed by atoms with Crippen molar-refractivity contribution in [2.75, 3.05) is 18.0 Å². The third kappa shape index (κ3) is 2.37. The number of rotatable bonds is 3. The summed E-state index contributed by atoms with van der Waals surface area (Å²) in [6, 6.07) is 17.8. The molecule has 2 aromatic carbocycles. The molecule has 1 aliphatic rings. The van der Waals surface area contributed by atoms with Crippen molar-refractivity contribution >= 4 is 5.69 Å².